The van der Waals surface area contributed by atoms with Crippen LogP contribution in [0.15, 0.2) is 24.5 Å². The third-order valence-electron chi connectivity index (χ3n) is 9.72. The number of fused-ring (bicyclic) bond motifs is 3. The number of ether oxygens (including phenoxy) is 1. The van der Waals surface area contributed by atoms with E-state index in [0.29, 0.717) is 53.0 Å². The number of nitrogens with zero attached hydrogens (tertiary/aromatic N) is 7. The summed E-state index contributed by atoms with van der Waals surface area (Å²) in [5.74, 6) is 0.713. The first-order valence-electron chi connectivity index (χ1n) is 15.3. The molecule has 0 spiro atoms. The number of piperidine rings is 2. The van der Waals surface area contributed by atoms with Gasteiger partial charge < -0.3 is 30.5 Å². The summed E-state index contributed by atoms with van der Waals surface area (Å²) in [5.41, 5.74) is 9.90. The lowest BCUT2D eigenvalue weighted by molar-refractivity contribution is -0.127. The number of rotatable bonds is 6. The highest BCUT2D eigenvalue weighted by atomic mass is 32.1. The number of carbonyl (C=O) groups is 2. The summed E-state index contributed by atoms with van der Waals surface area (Å²) < 4.78 is 8.24. The summed E-state index contributed by atoms with van der Waals surface area (Å²) in [6.07, 6.45) is 9.49. The SMILES string of the molecule is CC(=O)N1CC=C(c2cc(N3CCC[C@@H](NC(=O)c4sc(C#N)cc4OC4CC5CCC(C4)N5C)C3)c3c(N)ncnn23)C1. The van der Waals surface area contributed by atoms with Crippen LogP contribution in [0, 0.1) is 11.3 Å². The van der Waals surface area contributed by atoms with Gasteiger partial charge in [-0.15, -0.1) is 11.3 Å². The molecule has 2 amide bonds. The molecule has 2 unspecified atom stereocenters. The molecule has 4 aliphatic heterocycles. The van der Waals surface area contributed by atoms with Gasteiger partial charge in [0.05, 0.1) is 11.4 Å². The first-order valence-corrected chi connectivity index (χ1v) is 16.2. The summed E-state index contributed by atoms with van der Waals surface area (Å²) in [4.78, 5) is 37.3. The molecule has 0 aliphatic carbocycles. The predicted molar refractivity (Wildman–Crippen MR) is 168 cm³/mol. The largest absolute Gasteiger partial charge is 0.489 e. The van der Waals surface area contributed by atoms with Crippen LogP contribution in [0.4, 0.5) is 11.5 Å². The second-order valence-electron chi connectivity index (χ2n) is 12.4. The number of nitrogens with two attached hydrogens (primary N) is 1. The summed E-state index contributed by atoms with van der Waals surface area (Å²) in [6.45, 7) is 4.03. The van der Waals surface area contributed by atoms with Crippen molar-refractivity contribution in [2.45, 2.75) is 69.7 Å². The summed E-state index contributed by atoms with van der Waals surface area (Å²) in [6, 6.07) is 6.90. The fraction of sp³-hybridized carbons (Fsp3) is 0.516. The molecule has 7 rings (SSSR count). The maximum atomic E-state index is 13.7. The molecule has 3 aromatic rings. The maximum absolute atomic E-state index is 13.7. The van der Waals surface area contributed by atoms with Gasteiger partial charge in [0.25, 0.3) is 5.91 Å². The van der Waals surface area contributed by atoms with Gasteiger partial charge in [0.2, 0.25) is 5.91 Å². The zero-order chi connectivity index (χ0) is 30.5. The monoisotopic (exact) mass is 615 g/mol. The molecule has 0 saturated carbocycles. The second-order valence-corrected chi connectivity index (χ2v) is 13.4. The molecule has 0 aromatic carbocycles. The molecular formula is C31H37N9O3S. The van der Waals surface area contributed by atoms with Gasteiger partial charge >= 0.3 is 0 Å². The van der Waals surface area contributed by atoms with Crippen LogP contribution in [0.1, 0.15) is 65.7 Å². The van der Waals surface area contributed by atoms with Crippen LogP contribution in [-0.4, -0.2) is 93.7 Å². The van der Waals surface area contributed by atoms with Crippen LogP contribution in [0.2, 0.25) is 0 Å². The molecular weight excluding hydrogens is 578 g/mol. The van der Waals surface area contributed by atoms with Gasteiger partial charge in [-0.05, 0) is 57.2 Å². The number of carbonyl (C=O) groups excluding carboxylic acids is 2. The molecule has 3 saturated heterocycles. The average Bonchev–Trinajstić information content (AvgIpc) is 3.78. The van der Waals surface area contributed by atoms with E-state index in [2.05, 4.69) is 50.5 Å². The third-order valence-corrected chi connectivity index (χ3v) is 10.7. The van der Waals surface area contributed by atoms with E-state index in [-0.39, 0.29) is 24.0 Å². The van der Waals surface area contributed by atoms with Gasteiger partial charge in [-0.1, -0.05) is 6.08 Å². The lowest BCUT2D eigenvalue weighted by Gasteiger charge is -2.36. The molecule has 12 nitrogen and oxygen atoms in total. The zero-order valence-electron chi connectivity index (χ0n) is 25.0. The molecule has 7 heterocycles. The number of amides is 2. The Morgan fingerprint density at radius 2 is 2.00 bits per heavy atom. The summed E-state index contributed by atoms with van der Waals surface area (Å²) >= 11 is 1.19. The highest BCUT2D eigenvalue weighted by Gasteiger charge is 2.40. The maximum Gasteiger partial charge on any atom is 0.265 e. The topological polar surface area (TPSA) is 145 Å². The lowest BCUT2D eigenvalue weighted by atomic mass is 10.0. The van der Waals surface area contributed by atoms with Crippen LogP contribution >= 0.6 is 11.3 Å². The van der Waals surface area contributed by atoms with E-state index >= 15 is 0 Å². The number of nitriles is 1. The Morgan fingerprint density at radius 1 is 1.20 bits per heavy atom. The molecule has 3 N–H and O–H groups in total. The molecule has 3 fully saturated rings. The van der Waals surface area contributed by atoms with Gasteiger partial charge in [-0.2, -0.15) is 10.4 Å². The predicted octanol–water partition coefficient (Wildman–Crippen LogP) is 2.89. The van der Waals surface area contributed by atoms with Gasteiger partial charge in [-0.3, -0.25) is 9.59 Å². The Labute approximate surface area is 260 Å². The Bertz CT molecular complexity index is 1680. The van der Waals surface area contributed by atoms with Crippen LogP contribution < -0.4 is 20.7 Å². The number of aromatic nitrogens is 3. The fourth-order valence-corrected chi connectivity index (χ4v) is 8.17. The number of nitrogen functional groups attached to an aromatic ring is 1. The number of hydrogen-bond acceptors (Lipinski definition) is 10. The van der Waals surface area contributed by atoms with Crippen LogP contribution in [-0.2, 0) is 4.79 Å². The van der Waals surface area contributed by atoms with Crippen LogP contribution in [0.3, 0.4) is 0 Å². The minimum atomic E-state index is -0.208. The fourth-order valence-electron chi connectivity index (χ4n) is 7.38. The minimum Gasteiger partial charge on any atom is -0.489 e. The van der Waals surface area contributed by atoms with E-state index in [1.54, 1.807) is 17.9 Å². The van der Waals surface area contributed by atoms with Crippen molar-refractivity contribution in [1.82, 2.24) is 29.7 Å². The van der Waals surface area contributed by atoms with E-state index in [4.69, 9.17) is 10.5 Å². The number of anilines is 2. The third kappa shape index (κ3) is 5.16. The summed E-state index contributed by atoms with van der Waals surface area (Å²) in [5, 5.41) is 17.4. The smallest absolute Gasteiger partial charge is 0.265 e. The molecule has 3 aromatic heterocycles. The highest BCUT2D eigenvalue weighted by Crippen LogP contribution is 2.39. The Morgan fingerprint density at radius 3 is 2.73 bits per heavy atom. The molecule has 230 valence electrons. The Kier molecular flexibility index (Phi) is 7.42. The number of nitrogens with one attached hydrogen (secondary N) is 1. The first-order chi connectivity index (χ1) is 21.3. The van der Waals surface area contributed by atoms with Crippen molar-refractivity contribution < 1.29 is 14.3 Å². The van der Waals surface area contributed by atoms with Crippen molar-refractivity contribution in [2.75, 3.05) is 43.9 Å². The van der Waals surface area contributed by atoms with E-state index in [1.807, 2.05) is 4.52 Å². The minimum absolute atomic E-state index is 0.0285. The van der Waals surface area contributed by atoms with E-state index in [1.165, 1.54) is 30.5 Å². The average molecular weight is 616 g/mol. The van der Waals surface area contributed by atoms with Gasteiger partial charge in [0.15, 0.2) is 5.82 Å². The standard InChI is InChI=1S/C31H37N9O3S/c1-18(41)38-9-7-19(15-38)25-13-26(28-30(33)34-17-35-40(25)28)39-8-3-4-20(16-39)36-31(42)29-27(12-24(14-32)44-29)43-23-10-21-5-6-22(11-23)37(21)2/h7,12-13,17,20-23H,3-6,8-11,15-16H2,1-2H3,(H,36,42)(H2,33,34,35)/t20-,21?,22?,23?/m1/s1. The van der Waals surface area contributed by atoms with Crippen LogP contribution in [0.5, 0.6) is 5.75 Å². The Balaban J connectivity index is 1.09. The van der Waals surface area contributed by atoms with Crippen molar-refractivity contribution in [2.24, 2.45) is 0 Å². The number of thiophene rings is 1. The molecule has 4 aliphatic rings. The van der Waals surface area contributed by atoms with Crippen LogP contribution in [0.25, 0.3) is 11.1 Å². The molecule has 13 heteroatoms. The van der Waals surface area contributed by atoms with Crippen molar-refractivity contribution in [1.29, 1.82) is 5.26 Å². The second kappa shape index (κ2) is 11.4. The van der Waals surface area contributed by atoms with Gasteiger partial charge in [-0.25, -0.2) is 9.50 Å². The quantitative estimate of drug-likeness (QED) is 0.428. The van der Waals surface area contributed by atoms with Crippen molar-refractivity contribution in [3.63, 3.8) is 0 Å². The van der Waals surface area contributed by atoms with Crippen molar-refractivity contribution >= 4 is 45.7 Å². The van der Waals surface area contributed by atoms with Gasteiger partial charge in [0, 0.05) is 57.3 Å². The van der Waals surface area contributed by atoms with Gasteiger partial charge in [0.1, 0.15) is 39.5 Å². The molecule has 2 bridgehead atoms. The zero-order valence-corrected chi connectivity index (χ0v) is 25.8. The van der Waals surface area contributed by atoms with E-state index in [0.717, 1.165) is 54.7 Å². The van der Waals surface area contributed by atoms with E-state index in [9.17, 15) is 14.9 Å². The normalized spacial score (nSPS) is 25.2. The molecule has 44 heavy (non-hydrogen) atoms. The Hall–Kier alpha value is -4.15. The number of hydrogen-bond donors (Lipinski definition) is 2. The highest BCUT2D eigenvalue weighted by molar-refractivity contribution is 7.14. The first kappa shape index (κ1) is 28.6. The van der Waals surface area contributed by atoms with Crippen molar-refractivity contribution in [3.8, 4) is 11.8 Å². The lowest BCUT2D eigenvalue weighted by Crippen LogP contribution is -2.48. The molecule has 3 atom stereocenters. The molecule has 0 radical (unpaired) electrons. The van der Waals surface area contributed by atoms with Crippen molar-refractivity contribution in [3.05, 3.63) is 40.0 Å². The summed E-state index contributed by atoms with van der Waals surface area (Å²) in [7, 11) is 2.19. The van der Waals surface area contributed by atoms with E-state index < -0.39 is 0 Å².